The molecule has 5 rings (SSSR count). The number of ether oxygens (including phenoxy) is 1. The monoisotopic (exact) mass is 689 g/mol. The highest BCUT2D eigenvalue weighted by Gasteiger charge is 2.20. The lowest BCUT2D eigenvalue weighted by Crippen LogP contribution is -2.39. The Morgan fingerprint density at radius 3 is 1.60 bits per heavy atom. The Hall–Kier alpha value is -7.80. The summed E-state index contributed by atoms with van der Waals surface area (Å²) in [6, 6.07) is 4.73. The topological polar surface area (TPSA) is 498 Å². The van der Waals surface area contributed by atoms with Gasteiger partial charge in [-0.2, -0.15) is 34.9 Å². The van der Waals surface area contributed by atoms with Crippen LogP contribution in [0, 0.1) is 5.41 Å². The third kappa shape index (κ3) is 9.85. The van der Waals surface area contributed by atoms with E-state index in [1.807, 2.05) is 0 Å². The Morgan fingerprint density at radius 1 is 0.640 bits per heavy atom. The van der Waals surface area contributed by atoms with Gasteiger partial charge in [0.1, 0.15) is 28.6 Å². The van der Waals surface area contributed by atoms with Crippen molar-refractivity contribution >= 4 is 113 Å². The van der Waals surface area contributed by atoms with Crippen LogP contribution in [0.5, 0.6) is 5.88 Å². The molecule has 263 valence electrons. The molecular formula is C24H38BN24O. The smallest absolute Gasteiger partial charge is 0.245 e. The van der Waals surface area contributed by atoms with Crippen molar-refractivity contribution in [1.29, 1.82) is 5.41 Å². The Balaban J connectivity index is 0.000000466. The maximum atomic E-state index is 7.43. The summed E-state index contributed by atoms with van der Waals surface area (Å²) < 4.78 is 4.80. The van der Waals surface area contributed by atoms with E-state index >= 15 is 0 Å². The zero-order valence-corrected chi connectivity index (χ0v) is 25.7. The summed E-state index contributed by atoms with van der Waals surface area (Å²) >= 11 is 0. The molecule has 0 fully saturated rings. The van der Waals surface area contributed by atoms with Gasteiger partial charge in [0, 0.05) is 14.5 Å². The van der Waals surface area contributed by atoms with E-state index in [2.05, 4.69) is 50.2 Å². The molecule has 0 amide bonds. The highest BCUT2D eigenvalue weighted by atomic mass is 16.5. The number of hydrogen-bond donors (Lipinski definition) is 15. The van der Waals surface area contributed by atoms with Crippen molar-refractivity contribution in [3.63, 3.8) is 0 Å². The summed E-state index contributed by atoms with van der Waals surface area (Å²) in [5.74, 6) is 0.488. The summed E-state index contributed by atoms with van der Waals surface area (Å²) in [6.07, 6.45) is 0. The number of rotatable bonds is 4. The Morgan fingerprint density at radius 2 is 1.12 bits per heavy atom. The molecule has 25 nitrogen and oxygen atoms in total. The van der Waals surface area contributed by atoms with Crippen molar-refractivity contribution in [3.05, 3.63) is 18.2 Å². The third-order valence-corrected chi connectivity index (χ3v) is 5.62. The fraction of sp³-hybridized carbons (Fsp3) is 0.0833. The number of anilines is 13. The number of pyridine rings is 2. The van der Waals surface area contributed by atoms with Gasteiger partial charge >= 0.3 is 0 Å². The first-order valence-corrected chi connectivity index (χ1v) is 12.9. The lowest BCUT2D eigenvalue weighted by Gasteiger charge is -2.15. The van der Waals surface area contributed by atoms with E-state index in [-0.39, 0.29) is 109 Å². The van der Waals surface area contributed by atoms with Crippen molar-refractivity contribution in [2.75, 3.05) is 75.5 Å². The van der Waals surface area contributed by atoms with Gasteiger partial charge in [-0.3, -0.25) is 5.41 Å². The van der Waals surface area contributed by atoms with E-state index in [4.69, 9.17) is 84.7 Å². The number of amidine groups is 2. The van der Waals surface area contributed by atoms with Gasteiger partial charge in [0.15, 0.2) is 46.6 Å². The van der Waals surface area contributed by atoms with Crippen LogP contribution in [-0.4, -0.2) is 68.8 Å². The highest BCUT2D eigenvalue weighted by molar-refractivity contribution is 6.69. The van der Waals surface area contributed by atoms with Gasteiger partial charge in [-0.25, -0.2) is 9.98 Å². The van der Waals surface area contributed by atoms with Crippen LogP contribution in [0.15, 0.2) is 33.2 Å². The van der Waals surface area contributed by atoms with Crippen LogP contribution in [0.1, 0.15) is 7.43 Å². The lowest BCUT2D eigenvalue weighted by atomic mass is 10.2. The van der Waals surface area contributed by atoms with E-state index in [1.54, 1.807) is 12.1 Å². The van der Waals surface area contributed by atoms with E-state index in [0.717, 1.165) is 0 Å². The number of aliphatic imine (C=N–C) groups is 3. The molecule has 0 aromatic carbocycles. The van der Waals surface area contributed by atoms with E-state index in [1.165, 1.54) is 13.2 Å². The molecule has 0 saturated carbocycles. The van der Waals surface area contributed by atoms with Crippen molar-refractivity contribution in [2.45, 2.75) is 7.43 Å². The van der Waals surface area contributed by atoms with Crippen molar-refractivity contribution in [2.24, 2.45) is 26.4 Å². The molecule has 5 heterocycles. The number of hydrogen-bond acceptors (Lipinski definition) is 23. The highest BCUT2D eigenvalue weighted by Crippen LogP contribution is 2.34. The molecular weight excluding hydrogens is 651 g/mol. The molecule has 28 N–H and O–H groups in total. The van der Waals surface area contributed by atoms with Crippen molar-refractivity contribution in [3.8, 4) is 5.88 Å². The van der Waals surface area contributed by atoms with Crippen LogP contribution < -0.4 is 84.6 Å². The van der Waals surface area contributed by atoms with Crippen LogP contribution in [-0.2, 0) is 0 Å². The average Bonchev–Trinajstić information content (AvgIpc) is 2.99. The lowest BCUT2D eigenvalue weighted by molar-refractivity contribution is 0.399. The first kappa shape index (κ1) is 40.2. The second-order valence-electron chi connectivity index (χ2n) is 9.06. The molecule has 0 atom stereocenters. The Bertz CT molecular complexity index is 1890. The third-order valence-electron chi connectivity index (χ3n) is 5.62. The van der Waals surface area contributed by atoms with Gasteiger partial charge in [-0.15, -0.1) is 0 Å². The number of nitrogens with two attached hydrogens (primary N) is 13. The number of aromatic nitrogens is 6. The predicted octanol–water partition coefficient (Wildman–Crippen LogP) is -2.42. The fourth-order valence-corrected chi connectivity index (χ4v) is 3.30. The molecule has 4 aromatic rings. The molecule has 1 aliphatic rings. The quantitative estimate of drug-likeness (QED) is 0.0990. The van der Waals surface area contributed by atoms with Gasteiger partial charge in [-0.1, -0.05) is 7.43 Å². The van der Waals surface area contributed by atoms with Gasteiger partial charge in [0.25, 0.3) is 0 Å². The summed E-state index contributed by atoms with van der Waals surface area (Å²) in [7, 11) is 1.53. The summed E-state index contributed by atoms with van der Waals surface area (Å²) in [6.45, 7) is 0. The predicted molar refractivity (Wildman–Crippen MR) is 201 cm³/mol. The molecule has 26 heteroatoms. The Kier molecular flexibility index (Phi) is 13.4. The van der Waals surface area contributed by atoms with Crippen LogP contribution in [0.25, 0.3) is 0 Å². The zero-order chi connectivity index (χ0) is 35.9. The number of nitrogens with zero attached hydrogens (tertiary/aromatic N) is 9. The molecule has 0 aliphatic carbocycles. The van der Waals surface area contributed by atoms with Crippen LogP contribution >= 0.6 is 0 Å². The van der Waals surface area contributed by atoms with Crippen LogP contribution in [0.2, 0.25) is 0 Å². The minimum atomic E-state index is -0.346. The molecule has 0 unspecified atom stereocenters. The molecule has 0 bridgehead atoms. The van der Waals surface area contributed by atoms with E-state index < -0.39 is 0 Å². The van der Waals surface area contributed by atoms with Gasteiger partial charge in [-0.05, 0) is 12.1 Å². The standard InChI is InChI=1S/C13H17N15.C6H9N3O.C4H8N6.CH4.B/c14-2-1-3(22-4-7(16)25-12(20)26-8(4)17)11(24-6(2)15)23-5-9(18)27-13(21)28-10(5)19;1-10-5-3-2-4(7)6(8)9-5;5-1-2(6)9-4(8)10-3(1)7;;/h1H,14H2,(H3,15,23,24)(H5,16,17,20,25,26)(H6,18,19,21,27,28);2-3H,7H2,1H3,(H2,8,9);5H2,(H6,6,7,8,9,10);1H4;. The number of methoxy groups -OCH3 is 1. The maximum absolute atomic E-state index is 7.43. The van der Waals surface area contributed by atoms with Crippen molar-refractivity contribution < 1.29 is 4.74 Å². The van der Waals surface area contributed by atoms with Gasteiger partial charge in [0.05, 0.1) is 18.5 Å². The average molecular weight is 690 g/mol. The van der Waals surface area contributed by atoms with Gasteiger partial charge in [0.2, 0.25) is 23.7 Å². The minimum Gasteiger partial charge on any atom is -0.481 e. The summed E-state index contributed by atoms with van der Waals surface area (Å²) in [4.78, 5) is 34.5. The summed E-state index contributed by atoms with van der Waals surface area (Å²) in [5, 5.41) is 10.3. The second-order valence-corrected chi connectivity index (χ2v) is 9.06. The minimum absolute atomic E-state index is 0. The molecule has 50 heavy (non-hydrogen) atoms. The first-order valence-electron chi connectivity index (χ1n) is 12.9. The number of nitrogens with one attached hydrogen (secondary N) is 2. The molecule has 4 aromatic heterocycles. The number of nitrogen functional groups attached to an aromatic ring is 11. The molecule has 3 radical (unpaired) electrons. The van der Waals surface area contributed by atoms with Crippen LogP contribution in [0.4, 0.5) is 81.1 Å². The van der Waals surface area contributed by atoms with E-state index in [9.17, 15) is 0 Å². The van der Waals surface area contributed by atoms with Crippen LogP contribution in [0.3, 0.4) is 0 Å². The SMILES string of the molecule is C.COc1ccc(N)c(N)n1.N=C1N=C(N)C(=Nc2cc(N)c(N)nc2Nc2c(N)nc(N)nc2N)C(N)=N1.Nc1nc(N)c(N)c(N)n1.[B]. The second kappa shape index (κ2) is 16.7. The Labute approximate surface area is 286 Å². The molecule has 0 spiro atoms. The zero-order valence-electron chi connectivity index (χ0n) is 25.7. The fourth-order valence-electron chi connectivity index (χ4n) is 3.30. The van der Waals surface area contributed by atoms with Gasteiger partial charge < -0.3 is 84.6 Å². The molecule has 1 aliphatic heterocycles. The summed E-state index contributed by atoms with van der Waals surface area (Å²) in [5.41, 5.74) is 73.4. The van der Waals surface area contributed by atoms with Crippen molar-refractivity contribution in [1.82, 2.24) is 29.9 Å². The maximum Gasteiger partial charge on any atom is 0.245 e. The largest absolute Gasteiger partial charge is 0.481 e. The normalized spacial score (nSPS) is 11.5. The first-order chi connectivity index (χ1) is 22.5. The number of guanidine groups is 1. The molecule has 0 saturated heterocycles. The van der Waals surface area contributed by atoms with E-state index in [0.29, 0.717) is 17.4 Å².